The molecule has 0 spiro atoms. The largest absolute Gasteiger partial charge is 0.372 e. The molecule has 0 aliphatic carbocycles. The van der Waals surface area contributed by atoms with Crippen molar-refractivity contribution in [3.63, 3.8) is 0 Å². The van der Waals surface area contributed by atoms with Gasteiger partial charge in [0.2, 0.25) is 0 Å². The third kappa shape index (κ3) is 4.43. The lowest BCUT2D eigenvalue weighted by atomic mass is 10.1. The highest BCUT2D eigenvalue weighted by Gasteiger charge is 2.21. The number of piperidine rings is 1. The molecule has 0 saturated carbocycles. The van der Waals surface area contributed by atoms with E-state index in [0.29, 0.717) is 13.2 Å². The molecule has 140 valence electrons. The van der Waals surface area contributed by atoms with Crippen LogP contribution in [0.2, 0.25) is 0 Å². The van der Waals surface area contributed by atoms with E-state index in [1.54, 1.807) is 6.20 Å². The molecular weight excluding hydrogens is 338 g/mol. The smallest absolute Gasteiger partial charge is 0.252 e. The molecule has 4 rings (SSSR count). The van der Waals surface area contributed by atoms with E-state index in [0.717, 1.165) is 48.0 Å². The average molecular weight is 363 g/mol. The number of likely N-dealkylation sites (tertiary alicyclic amines) is 1. The van der Waals surface area contributed by atoms with Crippen LogP contribution in [0.3, 0.4) is 0 Å². The van der Waals surface area contributed by atoms with Crippen LogP contribution in [0.1, 0.15) is 29.5 Å². The van der Waals surface area contributed by atoms with E-state index in [-0.39, 0.29) is 11.7 Å². The van der Waals surface area contributed by atoms with Gasteiger partial charge in [0.05, 0.1) is 12.7 Å². The lowest BCUT2D eigenvalue weighted by molar-refractivity contribution is -0.0122. The first kappa shape index (κ1) is 17.9. The Balaban J connectivity index is 1.42. The molecular formula is C22H25N3O2. The van der Waals surface area contributed by atoms with E-state index < -0.39 is 0 Å². The fourth-order valence-corrected chi connectivity index (χ4v) is 3.72. The fraction of sp³-hybridized carbons (Fsp3) is 0.364. The number of fused-ring (bicyclic) bond motifs is 1. The Labute approximate surface area is 159 Å². The Hall–Kier alpha value is -2.50. The number of aromatic nitrogens is 2. The van der Waals surface area contributed by atoms with Gasteiger partial charge in [-0.3, -0.25) is 14.7 Å². The standard InChI is InChI=1S/C22H25N3O2/c1-16-6-7-21-18(10-16)11-19(22(26)24-21)13-25-9-3-5-20(14-25)27-15-17-4-2-8-23-12-17/h2,4,6-8,10-12,20H,3,5,9,13-15H2,1H3,(H,24,26)/t20-/m0/s1. The van der Waals surface area contributed by atoms with Crippen molar-refractivity contribution in [2.24, 2.45) is 0 Å². The molecule has 2 aromatic heterocycles. The van der Waals surface area contributed by atoms with Gasteiger partial charge in [0.15, 0.2) is 0 Å². The second kappa shape index (κ2) is 8.03. The van der Waals surface area contributed by atoms with E-state index in [9.17, 15) is 4.79 Å². The molecule has 5 nitrogen and oxygen atoms in total. The number of pyridine rings is 2. The van der Waals surface area contributed by atoms with Crippen molar-refractivity contribution in [3.05, 3.63) is 75.8 Å². The number of benzene rings is 1. The zero-order valence-electron chi connectivity index (χ0n) is 15.6. The molecule has 1 aliphatic heterocycles. The molecule has 3 heterocycles. The first-order valence-electron chi connectivity index (χ1n) is 9.53. The maximum atomic E-state index is 12.5. The fourth-order valence-electron chi connectivity index (χ4n) is 3.72. The van der Waals surface area contributed by atoms with Crippen LogP contribution in [0, 0.1) is 6.92 Å². The average Bonchev–Trinajstić information content (AvgIpc) is 2.68. The third-order valence-corrected chi connectivity index (χ3v) is 5.14. The molecule has 1 aliphatic rings. The van der Waals surface area contributed by atoms with Crippen molar-refractivity contribution in [3.8, 4) is 0 Å². The topological polar surface area (TPSA) is 58.2 Å². The minimum atomic E-state index is 0.00440. The summed E-state index contributed by atoms with van der Waals surface area (Å²) in [5.41, 5.74) is 4.01. The Morgan fingerprint density at radius 2 is 2.22 bits per heavy atom. The van der Waals surface area contributed by atoms with Gasteiger partial charge in [0, 0.05) is 36.6 Å². The van der Waals surface area contributed by atoms with Crippen LogP contribution in [0.5, 0.6) is 0 Å². The Morgan fingerprint density at radius 3 is 3.07 bits per heavy atom. The van der Waals surface area contributed by atoms with Crippen molar-refractivity contribution < 1.29 is 4.74 Å². The van der Waals surface area contributed by atoms with Gasteiger partial charge < -0.3 is 9.72 Å². The van der Waals surface area contributed by atoms with Gasteiger partial charge in [0.25, 0.3) is 5.56 Å². The molecule has 5 heteroatoms. The van der Waals surface area contributed by atoms with Crippen LogP contribution in [-0.4, -0.2) is 34.1 Å². The van der Waals surface area contributed by atoms with E-state index >= 15 is 0 Å². The number of nitrogens with zero attached hydrogens (tertiary/aromatic N) is 2. The van der Waals surface area contributed by atoms with Gasteiger partial charge in [-0.25, -0.2) is 0 Å². The zero-order valence-corrected chi connectivity index (χ0v) is 15.6. The maximum absolute atomic E-state index is 12.5. The first-order chi connectivity index (χ1) is 13.2. The van der Waals surface area contributed by atoms with E-state index in [1.807, 2.05) is 36.5 Å². The van der Waals surface area contributed by atoms with Crippen molar-refractivity contribution >= 4 is 10.9 Å². The summed E-state index contributed by atoms with van der Waals surface area (Å²) in [6, 6.07) is 12.1. The highest BCUT2D eigenvalue weighted by Crippen LogP contribution is 2.18. The highest BCUT2D eigenvalue weighted by molar-refractivity contribution is 5.79. The predicted octanol–water partition coefficient (Wildman–Crippen LogP) is 3.41. The van der Waals surface area contributed by atoms with E-state index in [4.69, 9.17) is 4.74 Å². The molecule has 1 saturated heterocycles. The first-order valence-corrected chi connectivity index (χ1v) is 9.53. The molecule has 0 bridgehead atoms. The molecule has 0 unspecified atom stereocenters. The van der Waals surface area contributed by atoms with Crippen molar-refractivity contribution in [1.29, 1.82) is 0 Å². The summed E-state index contributed by atoms with van der Waals surface area (Å²) >= 11 is 0. The highest BCUT2D eigenvalue weighted by atomic mass is 16.5. The molecule has 3 aromatic rings. The van der Waals surface area contributed by atoms with Gasteiger partial charge in [-0.05, 0) is 61.5 Å². The summed E-state index contributed by atoms with van der Waals surface area (Å²) in [7, 11) is 0. The van der Waals surface area contributed by atoms with Crippen LogP contribution < -0.4 is 5.56 Å². The van der Waals surface area contributed by atoms with Crippen LogP contribution >= 0.6 is 0 Å². The zero-order chi connectivity index (χ0) is 18.6. The molecule has 27 heavy (non-hydrogen) atoms. The summed E-state index contributed by atoms with van der Waals surface area (Å²) in [6.45, 7) is 5.16. The minimum Gasteiger partial charge on any atom is -0.372 e. The minimum absolute atomic E-state index is 0.00440. The lowest BCUT2D eigenvalue weighted by Gasteiger charge is -2.32. The summed E-state index contributed by atoms with van der Waals surface area (Å²) < 4.78 is 6.09. The van der Waals surface area contributed by atoms with Crippen molar-refractivity contribution in [2.75, 3.05) is 13.1 Å². The second-order valence-electron chi connectivity index (χ2n) is 7.39. The van der Waals surface area contributed by atoms with Crippen LogP contribution in [0.4, 0.5) is 0 Å². The van der Waals surface area contributed by atoms with Gasteiger partial charge in [-0.15, -0.1) is 0 Å². The SMILES string of the molecule is Cc1ccc2[nH]c(=O)c(CN3CCC[C@H](OCc4cccnc4)C3)cc2c1. The predicted molar refractivity (Wildman–Crippen MR) is 107 cm³/mol. The summed E-state index contributed by atoms with van der Waals surface area (Å²) in [5.74, 6) is 0. The molecule has 0 amide bonds. The number of hydrogen-bond acceptors (Lipinski definition) is 4. The third-order valence-electron chi connectivity index (χ3n) is 5.14. The summed E-state index contributed by atoms with van der Waals surface area (Å²) in [5, 5.41) is 1.09. The molecule has 1 N–H and O–H groups in total. The second-order valence-corrected chi connectivity index (χ2v) is 7.39. The molecule has 0 radical (unpaired) electrons. The normalized spacial score (nSPS) is 18.0. The number of hydrogen-bond donors (Lipinski definition) is 1. The van der Waals surface area contributed by atoms with E-state index in [2.05, 4.69) is 27.9 Å². The van der Waals surface area contributed by atoms with Crippen LogP contribution in [0.25, 0.3) is 10.9 Å². The number of aryl methyl sites for hydroxylation is 1. The van der Waals surface area contributed by atoms with Crippen LogP contribution in [0.15, 0.2) is 53.6 Å². The summed E-state index contributed by atoms with van der Waals surface area (Å²) in [4.78, 5) is 21.9. The Bertz CT molecular complexity index is 968. The quantitative estimate of drug-likeness (QED) is 0.755. The van der Waals surface area contributed by atoms with Crippen LogP contribution in [-0.2, 0) is 17.9 Å². The number of aromatic amines is 1. The maximum Gasteiger partial charge on any atom is 0.252 e. The van der Waals surface area contributed by atoms with E-state index in [1.165, 1.54) is 5.56 Å². The number of ether oxygens (including phenoxy) is 1. The monoisotopic (exact) mass is 363 g/mol. The molecule has 1 atom stereocenters. The lowest BCUT2D eigenvalue weighted by Crippen LogP contribution is -2.40. The molecule has 1 aromatic carbocycles. The number of nitrogens with one attached hydrogen (secondary N) is 1. The van der Waals surface area contributed by atoms with Gasteiger partial charge in [-0.1, -0.05) is 17.7 Å². The number of rotatable bonds is 5. The van der Waals surface area contributed by atoms with Crippen molar-refractivity contribution in [1.82, 2.24) is 14.9 Å². The number of H-pyrrole nitrogens is 1. The Kier molecular flexibility index (Phi) is 5.32. The molecule has 1 fully saturated rings. The van der Waals surface area contributed by atoms with Crippen molar-refractivity contribution in [2.45, 2.75) is 39.0 Å². The van der Waals surface area contributed by atoms with Gasteiger partial charge >= 0.3 is 0 Å². The summed E-state index contributed by atoms with van der Waals surface area (Å²) in [6.07, 6.45) is 5.96. The van der Waals surface area contributed by atoms with Gasteiger partial charge in [0.1, 0.15) is 0 Å². The Morgan fingerprint density at radius 1 is 1.30 bits per heavy atom. The van der Waals surface area contributed by atoms with Gasteiger partial charge in [-0.2, -0.15) is 0 Å².